The first-order valence-electron chi connectivity index (χ1n) is 14.9. The lowest BCUT2D eigenvalue weighted by atomic mass is 10.0. The van der Waals surface area contributed by atoms with Gasteiger partial charge in [0.15, 0.2) is 11.5 Å². The minimum absolute atomic E-state index is 0.00946. The molecule has 12 heteroatoms. The van der Waals surface area contributed by atoms with Crippen LogP contribution in [0.5, 0.6) is 17.2 Å². The van der Waals surface area contributed by atoms with Gasteiger partial charge in [0, 0.05) is 30.6 Å². The van der Waals surface area contributed by atoms with Crippen molar-refractivity contribution in [2.24, 2.45) is 0 Å². The molecule has 0 heterocycles. The van der Waals surface area contributed by atoms with Gasteiger partial charge in [0.05, 0.1) is 31.9 Å². The zero-order valence-electron chi connectivity index (χ0n) is 26.7. The molecule has 4 aromatic rings. The Balaban J connectivity index is 1.82. The number of sulfonamides is 1. The number of amides is 2. The van der Waals surface area contributed by atoms with Crippen LogP contribution in [0, 0.1) is 0 Å². The van der Waals surface area contributed by atoms with Crippen molar-refractivity contribution in [3.8, 4) is 17.2 Å². The van der Waals surface area contributed by atoms with Crippen LogP contribution in [0.4, 0.5) is 5.69 Å². The predicted molar refractivity (Wildman–Crippen MR) is 182 cm³/mol. The number of hydrogen-bond acceptors (Lipinski definition) is 7. The van der Waals surface area contributed by atoms with Gasteiger partial charge in [-0.25, -0.2) is 8.42 Å². The molecule has 1 N–H and O–H groups in total. The average Bonchev–Trinajstić information content (AvgIpc) is 3.09. The van der Waals surface area contributed by atoms with Crippen LogP contribution in [0.2, 0.25) is 5.02 Å². The van der Waals surface area contributed by atoms with E-state index in [-0.39, 0.29) is 35.2 Å². The standard InChI is InChI=1S/C35H38ClN3O7S/c1-5-37-35(41)31(21-25-10-7-6-8-11-25)38(23-26-12-9-13-29(20-26)44-2)34(40)24-39(28-16-14-27(36)15-17-28)47(42,43)30-18-19-32(45-3)33(22-30)46-4/h6-20,22,31H,5,21,23-24H2,1-4H3,(H,37,41). The van der Waals surface area contributed by atoms with E-state index in [1.54, 1.807) is 37.3 Å². The molecule has 0 aliphatic rings. The van der Waals surface area contributed by atoms with Crippen molar-refractivity contribution in [2.45, 2.75) is 30.8 Å². The van der Waals surface area contributed by atoms with Crippen LogP contribution in [-0.2, 0) is 32.6 Å². The number of ether oxygens (including phenoxy) is 3. The van der Waals surface area contributed by atoms with Crippen molar-refractivity contribution in [2.75, 3.05) is 38.7 Å². The summed E-state index contributed by atoms with van der Waals surface area (Å²) in [6, 6.07) is 25.8. The Labute approximate surface area is 280 Å². The first kappa shape index (κ1) is 35.1. The number of methoxy groups -OCH3 is 3. The van der Waals surface area contributed by atoms with Gasteiger partial charge in [-0.05, 0) is 66.6 Å². The summed E-state index contributed by atoms with van der Waals surface area (Å²) in [5.74, 6) is 0.157. The third-order valence-corrected chi connectivity index (χ3v) is 9.47. The molecule has 1 atom stereocenters. The summed E-state index contributed by atoms with van der Waals surface area (Å²) >= 11 is 6.15. The van der Waals surface area contributed by atoms with Gasteiger partial charge in [0.1, 0.15) is 18.3 Å². The zero-order valence-corrected chi connectivity index (χ0v) is 28.3. The normalized spacial score (nSPS) is 11.7. The van der Waals surface area contributed by atoms with Crippen molar-refractivity contribution >= 4 is 39.1 Å². The van der Waals surface area contributed by atoms with E-state index in [1.165, 1.54) is 56.6 Å². The molecule has 0 radical (unpaired) electrons. The lowest BCUT2D eigenvalue weighted by Crippen LogP contribution is -2.53. The van der Waals surface area contributed by atoms with Crippen molar-refractivity contribution in [3.63, 3.8) is 0 Å². The Kier molecular flexibility index (Phi) is 12.1. The number of halogens is 1. The highest BCUT2D eigenvalue weighted by Crippen LogP contribution is 2.33. The quantitative estimate of drug-likeness (QED) is 0.181. The molecule has 248 valence electrons. The second-order valence-electron chi connectivity index (χ2n) is 10.5. The van der Waals surface area contributed by atoms with E-state index in [2.05, 4.69) is 5.32 Å². The largest absolute Gasteiger partial charge is 0.497 e. The molecule has 10 nitrogen and oxygen atoms in total. The Hall–Kier alpha value is -4.74. The minimum Gasteiger partial charge on any atom is -0.497 e. The number of anilines is 1. The maximum absolute atomic E-state index is 14.5. The van der Waals surface area contributed by atoms with Gasteiger partial charge in [0.25, 0.3) is 10.0 Å². The van der Waals surface area contributed by atoms with Gasteiger partial charge in [-0.2, -0.15) is 0 Å². The SMILES string of the molecule is CCNC(=O)C(Cc1ccccc1)N(Cc1cccc(OC)c1)C(=O)CN(c1ccc(Cl)cc1)S(=O)(=O)c1ccc(OC)c(OC)c1. The number of hydrogen-bond donors (Lipinski definition) is 1. The van der Waals surface area contributed by atoms with E-state index >= 15 is 0 Å². The molecule has 0 aliphatic heterocycles. The van der Waals surface area contributed by atoms with Crippen LogP contribution in [0.15, 0.2) is 102 Å². The van der Waals surface area contributed by atoms with E-state index in [1.807, 2.05) is 36.4 Å². The fourth-order valence-electron chi connectivity index (χ4n) is 5.05. The fraction of sp³-hybridized carbons (Fsp3) is 0.257. The molecule has 0 saturated carbocycles. The van der Waals surface area contributed by atoms with E-state index < -0.39 is 28.5 Å². The molecule has 47 heavy (non-hydrogen) atoms. The van der Waals surface area contributed by atoms with E-state index in [0.717, 1.165) is 9.87 Å². The number of nitrogens with one attached hydrogen (secondary N) is 1. The maximum atomic E-state index is 14.5. The monoisotopic (exact) mass is 679 g/mol. The van der Waals surface area contributed by atoms with E-state index in [0.29, 0.717) is 28.6 Å². The van der Waals surface area contributed by atoms with Gasteiger partial charge in [-0.15, -0.1) is 0 Å². The number of rotatable bonds is 15. The molecule has 0 bridgehead atoms. The maximum Gasteiger partial charge on any atom is 0.264 e. The van der Waals surface area contributed by atoms with Gasteiger partial charge in [-0.1, -0.05) is 54.1 Å². The Morgan fingerprint density at radius 1 is 0.809 bits per heavy atom. The molecule has 0 aliphatic carbocycles. The van der Waals surface area contributed by atoms with Crippen molar-refractivity contribution in [3.05, 3.63) is 113 Å². The first-order chi connectivity index (χ1) is 22.6. The molecule has 1 unspecified atom stereocenters. The topological polar surface area (TPSA) is 114 Å². The average molecular weight is 680 g/mol. The second kappa shape index (κ2) is 16.2. The summed E-state index contributed by atoms with van der Waals surface area (Å²) in [4.78, 5) is 29.5. The lowest BCUT2D eigenvalue weighted by molar-refractivity contribution is -0.140. The van der Waals surface area contributed by atoms with E-state index in [9.17, 15) is 18.0 Å². The highest BCUT2D eigenvalue weighted by molar-refractivity contribution is 7.92. The number of carbonyl (C=O) groups is 2. The number of benzene rings is 4. The Morgan fingerprint density at radius 2 is 1.49 bits per heavy atom. The van der Waals surface area contributed by atoms with Crippen LogP contribution in [0.1, 0.15) is 18.1 Å². The summed E-state index contributed by atoms with van der Waals surface area (Å²) in [6.45, 7) is 1.53. The summed E-state index contributed by atoms with van der Waals surface area (Å²) in [7, 11) is 0.0234. The number of likely N-dealkylation sites (N-methyl/N-ethyl adjacent to an activating group) is 1. The van der Waals surface area contributed by atoms with Crippen molar-refractivity contribution in [1.82, 2.24) is 10.2 Å². The third-order valence-electron chi connectivity index (χ3n) is 7.45. The third kappa shape index (κ3) is 8.75. The van der Waals surface area contributed by atoms with E-state index in [4.69, 9.17) is 25.8 Å². The molecule has 4 aromatic carbocycles. The highest BCUT2D eigenvalue weighted by Gasteiger charge is 2.35. The second-order valence-corrected chi connectivity index (χ2v) is 12.8. The lowest BCUT2D eigenvalue weighted by Gasteiger charge is -2.34. The van der Waals surface area contributed by atoms with Gasteiger partial charge < -0.3 is 24.4 Å². The van der Waals surface area contributed by atoms with Crippen LogP contribution in [0.25, 0.3) is 0 Å². The van der Waals surface area contributed by atoms with Gasteiger partial charge in [-0.3, -0.25) is 13.9 Å². The molecule has 0 saturated heterocycles. The molecule has 0 aromatic heterocycles. The Morgan fingerprint density at radius 3 is 2.13 bits per heavy atom. The molecular weight excluding hydrogens is 642 g/mol. The minimum atomic E-state index is -4.37. The number of nitrogens with zero attached hydrogens (tertiary/aromatic N) is 2. The first-order valence-corrected chi connectivity index (χ1v) is 16.7. The summed E-state index contributed by atoms with van der Waals surface area (Å²) in [5.41, 5.74) is 1.73. The molecule has 2 amide bonds. The highest BCUT2D eigenvalue weighted by atomic mass is 35.5. The van der Waals surface area contributed by atoms with Crippen LogP contribution in [-0.4, -0.2) is 65.6 Å². The van der Waals surface area contributed by atoms with Crippen LogP contribution in [0.3, 0.4) is 0 Å². The van der Waals surface area contributed by atoms with Crippen LogP contribution < -0.4 is 23.8 Å². The number of carbonyl (C=O) groups excluding carboxylic acids is 2. The molecule has 0 fully saturated rings. The smallest absolute Gasteiger partial charge is 0.264 e. The molecule has 4 rings (SSSR count). The van der Waals surface area contributed by atoms with Crippen molar-refractivity contribution < 1.29 is 32.2 Å². The van der Waals surface area contributed by atoms with Gasteiger partial charge in [0.2, 0.25) is 11.8 Å². The molecular formula is C35H38ClN3O7S. The van der Waals surface area contributed by atoms with Crippen LogP contribution >= 0.6 is 11.6 Å². The summed E-state index contributed by atoms with van der Waals surface area (Å²) < 4.78 is 45.7. The summed E-state index contributed by atoms with van der Waals surface area (Å²) in [5, 5.41) is 3.24. The van der Waals surface area contributed by atoms with Gasteiger partial charge >= 0.3 is 0 Å². The fourth-order valence-corrected chi connectivity index (χ4v) is 6.61. The molecule has 0 spiro atoms. The zero-order chi connectivity index (χ0) is 34.0. The summed E-state index contributed by atoms with van der Waals surface area (Å²) in [6.07, 6.45) is 0.200. The Bertz CT molecular complexity index is 1770. The van der Waals surface area contributed by atoms with Crippen molar-refractivity contribution in [1.29, 1.82) is 0 Å². The predicted octanol–water partition coefficient (Wildman–Crippen LogP) is 5.34.